The summed E-state index contributed by atoms with van der Waals surface area (Å²) < 4.78 is 43.4. The number of nitrogens with zero attached hydrogens (tertiary/aromatic N) is 2. The van der Waals surface area contributed by atoms with Crippen LogP contribution in [-0.2, 0) is 4.79 Å². The monoisotopic (exact) mass is 563 g/mol. The Kier molecular flexibility index (Phi) is 7.08. The number of ether oxygens (including phenoxy) is 1. The van der Waals surface area contributed by atoms with E-state index in [1.165, 1.54) is 35.2 Å². The van der Waals surface area contributed by atoms with Crippen molar-refractivity contribution in [3.8, 4) is 22.6 Å². The molecule has 4 aromatic carbocycles. The molecule has 0 bridgehead atoms. The number of amides is 1. The molecule has 0 spiro atoms. The van der Waals surface area contributed by atoms with Gasteiger partial charge in [-0.05, 0) is 47.5 Å². The molecule has 1 unspecified atom stereocenters. The number of aromatic hydroxyl groups is 1. The molecule has 1 heterocycles. The summed E-state index contributed by atoms with van der Waals surface area (Å²) in [6.07, 6.45) is -8.97. The molecular weight excluding hydrogens is 543 g/mol. The molecule has 1 aliphatic heterocycles. The number of carbonyl (C=O) groups is 2. The molecule has 5 rings (SSSR count). The number of carboxylic acid groups (broad SMARTS) is 1. The zero-order valence-corrected chi connectivity index (χ0v) is 20.8. The Labute approximate surface area is 230 Å². The summed E-state index contributed by atoms with van der Waals surface area (Å²) in [6.45, 7) is 0. The first kappa shape index (κ1) is 27.2. The minimum absolute atomic E-state index is 0.0124. The lowest BCUT2D eigenvalue weighted by Gasteiger charge is -2.19. The lowest BCUT2D eigenvalue weighted by atomic mass is 10.0. The van der Waals surface area contributed by atoms with Crippen LogP contribution in [0.25, 0.3) is 11.1 Å². The third-order valence-corrected chi connectivity index (χ3v) is 6.26. The first-order valence-electron chi connectivity index (χ1n) is 12.0. The van der Waals surface area contributed by atoms with E-state index in [1.807, 2.05) is 0 Å². The molecule has 9 nitrogen and oxygen atoms in total. The van der Waals surface area contributed by atoms with Crippen molar-refractivity contribution in [1.29, 1.82) is 0 Å². The molecule has 12 heteroatoms. The summed E-state index contributed by atoms with van der Waals surface area (Å²) in [4.78, 5) is 25.6. The lowest BCUT2D eigenvalue weighted by Crippen LogP contribution is -2.26. The first-order chi connectivity index (χ1) is 19.5. The van der Waals surface area contributed by atoms with Crippen molar-refractivity contribution in [3.05, 3.63) is 102 Å². The Morgan fingerprint density at radius 1 is 0.927 bits per heavy atom. The standard InChI is InChI=1S/C29H20F3N3O6/c30-29(31,32)26(37)16-11-13-18(14-12-16)35-23-10-2-1-7-21(23)24(27(35)38)34-33-22-9-4-8-20(25(22)36)17-5-3-6-19(15-17)41-28(39)40/h1-15,26,33,36-37H,(H,39,40). The number of anilines is 3. The van der Waals surface area contributed by atoms with Gasteiger partial charge in [-0.1, -0.05) is 54.6 Å². The number of carbonyl (C=O) groups excluding carboxylic acids is 1. The molecule has 1 aliphatic rings. The first-order valence-corrected chi connectivity index (χ1v) is 12.0. The largest absolute Gasteiger partial charge is 0.511 e. The second-order valence-corrected chi connectivity index (χ2v) is 8.86. The van der Waals surface area contributed by atoms with E-state index in [0.29, 0.717) is 22.4 Å². The number of aliphatic hydroxyl groups is 1. The third kappa shape index (κ3) is 5.40. The Bertz CT molecular complexity index is 1670. The number of benzene rings is 4. The van der Waals surface area contributed by atoms with Gasteiger partial charge in [0.1, 0.15) is 11.5 Å². The Hall–Kier alpha value is -5.36. The molecule has 0 saturated heterocycles. The number of para-hydroxylation sites is 2. The van der Waals surface area contributed by atoms with Crippen LogP contribution in [0.15, 0.2) is 96.1 Å². The number of hydrazone groups is 1. The summed E-state index contributed by atoms with van der Waals surface area (Å²) >= 11 is 0. The maximum atomic E-state index is 13.5. The number of phenols is 1. The molecule has 0 radical (unpaired) electrons. The van der Waals surface area contributed by atoms with Crippen molar-refractivity contribution in [3.63, 3.8) is 0 Å². The van der Waals surface area contributed by atoms with Gasteiger partial charge in [0.2, 0.25) is 0 Å². The number of phenolic OH excluding ortho intramolecular Hbond substituents is 1. The topological polar surface area (TPSA) is 132 Å². The molecule has 0 aromatic heterocycles. The fraction of sp³-hybridized carbons (Fsp3) is 0.0690. The van der Waals surface area contributed by atoms with Gasteiger partial charge in [0.15, 0.2) is 11.8 Å². The summed E-state index contributed by atoms with van der Waals surface area (Å²) in [7, 11) is 0. The number of hydrogen-bond donors (Lipinski definition) is 4. The molecule has 1 amide bonds. The molecule has 41 heavy (non-hydrogen) atoms. The predicted octanol–water partition coefficient (Wildman–Crippen LogP) is 6.21. The van der Waals surface area contributed by atoms with Crippen LogP contribution in [0.4, 0.5) is 35.0 Å². The lowest BCUT2D eigenvalue weighted by molar-refractivity contribution is -0.206. The number of fused-ring (bicyclic) bond motifs is 1. The summed E-state index contributed by atoms with van der Waals surface area (Å²) in [5.74, 6) is -0.738. The van der Waals surface area contributed by atoms with Crippen LogP contribution < -0.4 is 15.1 Å². The summed E-state index contributed by atoms with van der Waals surface area (Å²) in [5.41, 5.74) is 4.42. The normalized spacial score (nSPS) is 14.6. The molecule has 1 atom stereocenters. The highest BCUT2D eigenvalue weighted by molar-refractivity contribution is 6.55. The number of aliphatic hydroxyl groups excluding tert-OH is 1. The second kappa shape index (κ2) is 10.7. The van der Waals surface area contributed by atoms with Gasteiger partial charge in [0, 0.05) is 16.8 Å². The molecule has 4 N–H and O–H groups in total. The zero-order valence-electron chi connectivity index (χ0n) is 20.8. The molecule has 0 fully saturated rings. The number of halogens is 3. The second-order valence-electron chi connectivity index (χ2n) is 8.86. The van der Waals surface area contributed by atoms with E-state index in [9.17, 15) is 33.0 Å². The van der Waals surface area contributed by atoms with Gasteiger partial charge >= 0.3 is 12.3 Å². The van der Waals surface area contributed by atoms with Crippen molar-refractivity contribution in [2.45, 2.75) is 12.3 Å². The minimum atomic E-state index is -4.83. The van der Waals surface area contributed by atoms with Crippen LogP contribution in [-0.4, -0.2) is 39.3 Å². The van der Waals surface area contributed by atoms with Crippen LogP contribution >= 0.6 is 0 Å². The Morgan fingerprint density at radius 2 is 1.61 bits per heavy atom. The fourth-order valence-electron chi connectivity index (χ4n) is 4.37. The maximum Gasteiger partial charge on any atom is 0.511 e. The van der Waals surface area contributed by atoms with Gasteiger partial charge in [-0.25, -0.2) is 4.79 Å². The summed E-state index contributed by atoms with van der Waals surface area (Å²) in [5, 5.41) is 33.6. The average Bonchev–Trinajstić information content (AvgIpc) is 3.22. The van der Waals surface area contributed by atoms with E-state index < -0.39 is 24.3 Å². The number of hydrogen-bond acceptors (Lipinski definition) is 7. The van der Waals surface area contributed by atoms with Crippen molar-refractivity contribution >= 4 is 34.8 Å². The molecule has 0 saturated carbocycles. The molecule has 208 valence electrons. The Morgan fingerprint density at radius 3 is 2.32 bits per heavy atom. The van der Waals surface area contributed by atoms with Crippen LogP contribution in [0.2, 0.25) is 0 Å². The fourth-order valence-corrected chi connectivity index (χ4v) is 4.37. The van der Waals surface area contributed by atoms with Crippen LogP contribution in [0.3, 0.4) is 0 Å². The van der Waals surface area contributed by atoms with E-state index in [0.717, 1.165) is 12.1 Å². The van der Waals surface area contributed by atoms with Gasteiger partial charge < -0.3 is 20.1 Å². The smallest absolute Gasteiger partial charge is 0.505 e. The molecule has 4 aromatic rings. The van der Waals surface area contributed by atoms with Gasteiger partial charge in [0.05, 0.1) is 11.4 Å². The van der Waals surface area contributed by atoms with Gasteiger partial charge in [-0.3, -0.25) is 15.1 Å². The van der Waals surface area contributed by atoms with Crippen LogP contribution in [0.1, 0.15) is 17.2 Å². The highest BCUT2D eigenvalue weighted by Crippen LogP contribution is 2.39. The van der Waals surface area contributed by atoms with Crippen LogP contribution in [0.5, 0.6) is 11.5 Å². The summed E-state index contributed by atoms with van der Waals surface area (Å²) in [6, 6.07) is 22.3. The molecule has 0 aliphatic carbocycles. The van der Waals surface area contributed by atoms with Gasteiger partial charge in [-0.15, -0.1) is 0 Å². The van der Waals surface area contributed by atoms with Gasteiger partial charge in [-0.2, -0.15) is 18.3 Å². The van der Waals surface area contributed by atoms with Gasteiger partial charge in [0.25, 0.3) is 5.91 Å². The maximum absolute atomic E-state index is 13.5. The third-order valence-electron chi connectivity index (χ3n) is 6.26. The highest BCUT2D eigenvalue weighted by Gasteiger charge is 2.40. The van der Waals surface area contributed by atoms with E-state index in [1.54, 1.807) is 48.5 Å². The van der Waals surface area contributed by atoms with E-state index in [4.69, 9.17) is 5.11 Å². The predicted molar refractivity (Wildman–Crippen MR) is 143 cm³/mol. The minimum Gasteiger partial charge on any atom is -0.505 e. The van der Waals surface area contributed by atoms with Crippen molar-refractivity contribution in [2.24, 2.45) is 5.10 Å². The average molecular weight is 563 g/mol. The van der Waals surface area contributed by atoms with Crippen molar-refractivity contribution in [2.75, 3.05) is 10.3 Å². The number of alkyl halides is 3. The van der Waals surface area contributed by atoms with E-state index in [-0.39, 0.29) is 34.1 Å². The zero-order chi connectivity index (χ0) is 29.3. The molecular formula is C29H20F3N3O6. The number of rotatable bonds is 6. The highest BCUT2D eigenvalue weighted by atomic mass is 19.4. The van der Waals surface area contributed by atoms with E-state index in [2.05, 4.69) is 15.3 Å². The Balaban J connectivity index is 1.44. The quantitative estimate of drug-likeness (QED) is 0.0950. The SMILES string of the molecule is O=C(O)Oc1cccc(-c2cccc(NN=C3C(=O)N(c4ccc(C(O)C(F)(F)F)cc4)c4ccccc43)c2O)c1. The van der Waals surface area contributed by atoms with E-state index >= 15 is 0 Å². The number of nitrogens with one attached hydrogen (secondary N) is 1. The van der Waals surface area contributed by atoms with Crippen molar-refractivity contribution < 1.29 is 42.8 Å². The van der Waals surface area contributed by atoms with Crippen LogP contribution in [0, 0.1) is 0 Å². The van der Waals surface area contributed by atoms with Crippen molar-refractivity contribution in [1.82, 2.24) is 0 Å².